The number of nitrogens with two attached hydrogens (primary N) is 1. The van der Waals surface area contributed by atoms with E-state index in [-0.39, 0.29) is 0 Å². The van der Waals surface area contributed by atoms with E-state index < -0.39 is 0 Å². The van der Waals surface area contributed by atoms with E-state index in [4.69, 9.17) is 5.73 Å². The van der Waals surface area contributed by atoms with E-state index >= 15 is 0 Å². The first kappa shape index (κ1) is 19.0. The number of benzene rings is 1. The molecule has 0 amide bonds. The van der Waals surface area contributed by atoms with Gasteiger partial charge in [-0.1, -0.05) is 38.5 Å². The fourth-order valence-electron chi connectivity index (χ4n) is 2.13. The van der Waals surface area contributed by atoms with Crippen molar-refractivity contribution in [1.82, 2.24) is 0 Å². The highest BCUT2D eigenvalue weighted by Gasteiger charge is 2.13. The molecule has 0 unspecified atom stereocenters. The molecule has 1 aliphatic rings. The second kappa shape index (κ2) is 10.7. The van der Waals surface area contributed by atoms with E-state index in [1.165, 1.54) is 36.9 Å². The molecule has 0 spiro atoms. The van der Waals surface area contributed by atoms with Crippen LogP contribution in [0.25, 0.3) is 0 Å². The summed E-state index contributed by atoms with van der Waals surface area (Å²) in [5.41, 5.74) is 8.26. The van der Waals surface area contributed by atoms with E-state index in [0.717, 1.165) is 5.92 Å². The molecule has 2 heteroatoms. The fraction of sp³-hybridized carbons (Fsp3) is 0.667. The molecule has 116 valence electrons. The van der Waals surface area contributed by atoms with Gasteiger partial charge in [0, 0.05) is 25.8 Å². The Morgan fingerprint density at radius 3 is 1.75 bits per heavy atom. The van der Waals surface area contributed by atoms with Crippen LogP contribution < -0.4 is 10.6 Å². The van der Waals surface area contributed by atoms with Gasteiger partial charge < -0.3 is 10.6 Å². The van der Waals surface area contributed by atoms with Crippen molar-refractivity contribution in [2.45, 2.75) is 59.4 Å². The zero-order chi connectivity index (χ0) is 15.5. The first-order valence-corrected chi connectivity index (χ1v) is 7.98. The number of nitrogens with zero attached hydrogens (tertiary/aromatic N) is 1. The van der Waals surface area contributed by atoms with Crippen LogP contribution in [0.4, 0.5) is 5.69 Å². The summed E-state index contributed by atoms with van der Waals surface area (Å²) in [5, 5.41) is 0. The predicted molar refractivity (Wildman–Crippen MR) is 92.5 cm³/mol. The smallest absolute Gasteiger partial charge is 0.0361 e. The number of aryl methyl sites for hydroxylation is 1. The van der Waals surface area contributed by atoms with Gasteiger partial charge in [-0.15, -0.1) is 0 Å². The van der Waals surface area contributed by atoms with Crippen molar-refractivity contribution in [3.8, 4) is 0 Å². The topological polar surface area (TPSA) is 29.3 Å². The second-order valence-corrected chi connectivity index (χ2v) is 5.75. The molecule has 1 aliphatic carbocycles. The minimum atomic E-state index is 0.520. The highest BCUT2D eigenvalue weighted by Crippen LogP contribution is 2.21. The van der Waals surface area contributed by atoms with Crippen molar-refractivity contribution in [2.75, 3.05) is 19.0 Å². The number of hydrogen-bond donors (Lipinski definition) is 1. The normalized spacial score (nSPS) is 20.9. The van der Waals surface area contributed by atoms with Gasteiger partial charge in [-0.25, -0.2) is 0 Å². The first-order valence-electron chi connectivity index (χ1n) is 7.98. The third-order valence-corrected chi connectivity index (χ3v) is 3.61. The SMILES string of the molecule is CC.CC1CCC(N)CC1.Cc1ccc(N(C)C)cc1. The van der Waals surface area contributed by atoms with Crippen molar-refractivity contribution in [1.29, 1.82) is 0 Å². The zero-order valence-electron chi connectivity index (χ0n) is 14.3. The maximum absolute atomic E-state index is 5.70. The third kappa shape index (κ3) is 8.21. The predicted octanol–water partition coefficient (Wildman–Crippen LogP) is 4.61. The molecule has 0 aromatic heterocycles. The molecule has 2 rings (SSSR count). The lowest BCUT2D eigenvalue weighted by Crippen LogP contribution is -2.25. The Labute approximate surface area is 126 Å². The average molecular weight is 278 g/mol. The Bertz CT molecular complexity index is 312. The first-order chi connectivity index (χ1) is 9.49. The summed E-state index contributed by atoms with van der Waals surface area (Å²) in [6.45, 7) is 8.41. The van der Waals surface area contributed by atoms with Gasteiger partial charge in [0.1, 0.15) is 0 Å². The maximum atomic E-state index is 5.70. The van der Waals surface area contributed by atoms with Crippen LogP contribution in [0.5, 0.6) is 0 Å². The molecule has 1 aromatic carbocycles. The molecule has 2 nitrogen and oxygen atoms in total. The number of anilines is 1. The molecule has 20 heavy (non-hydrogen) atoms. The van der Waals surface area contributed by atoms with E-state index in [0.29, 0.717) is 6.04 Å². The van der Waals surface area contributed by atoms with Crippen LogP contribution in [0.15, 0.2) is 24.3 Å². The highest BCUT2D eigenvalue weighted by molar-refractivity contribution is 5.45. The Morgan fingerprint density at radius 2 is 1.40 bits per heavy atom. The molecule has 0 bridgehead atoms. The summed E-state index contributed by atoms with van der Waals surface area (Å²) in [7, 11) is 4.09. The standard InChI is InChI=1S/C9H13N.C7H15N.C2H6/c1-8-4-6-9(7-5-8)10(2)3;1-6-2-4-7(8)5-3-6;1-2/h4-7H,1-3H3;6-7H,2-5,8H2,1H3;1-2H3. The number of rotatable bonds is 1. The van der Waals surface area contributed by atoms with Crippen molar-refractivity contribution in [3.05, 3.63) is 29.8 Å². The Hall–Kier alpha value is -1.02. The molecule has 0 aliphatic heterocycles. The molecular weight excluding hydrogens is 244 g/mol. The molecule has 1 fully saturated rings. The van der Waals surface area contributed by atoms with Gasteiger partial charge in [-0.2, -0.15) is 0 Å². The summed E-state index contributed by atoms with van der Waals surface area (Å²) >= 11 is 0. The van der Waals surface area contributed by atoms with Crippen molar-refractivity contribution >= 4 is 5.69 Å². The second-order valence-electron chi connectivity index (χ2n) is 5.75. The Kier molecular flexibility index (Phi) is 10.2. The van der Waals surface area contributed by atoms with Crippen LogP contribution in [0.2, 0.25) is 0 Å². The van der Waals surface area contributed by atoms with Gasteiger partial charge >= 0.3 is 0 Å². The highest BCUT2D eigenvalue weighted by atomic mass is 15.1. The molecule has 1 saturated carbocycles. The van der Waals surface area contributed by atoms with Crippen LogP contribution in [-0.4, -0.2) is 20.1 Å². The minimum absolute atomic E-state index is 0.520. The third-order valence-electron chi connectivity index (χ3n) is 3.61. The molecule has 0 radical (unpaired) electrons. The Balaban J connectivity index is 0.000000327. The van der Waals surface area contributed by atoms with Crippen LogP contribution in [-0.2, 0) is 0 Å². The lowest BCUT2D eigenvalue weighted by Gasteiger charge is -2.22. The molecule has 0 atom stereocenters. The largest absolute Gasteiger partial charge is 0.378 e. The van der Waals surface area contributed by atoms with Crippen molar-refractivity contribution in [3.63, 3.8) is 0 Å². The van der Waals surface area contributed by atoms with Crippen molar-refractivity contribution in [2.24, 2.45) is 11.7 Å². The van der Waals surface area contributed by atoms with Gasteiger partial charge in [-0.3, -0.25) is 0 Å². The number of hydrogen-bond acceptors (Lipinski definition) is 2. The summed E-state index contributed by atoms with van der Waals surface area (Å²) in [6, 6.07) is 9.00. The molecule has 2 N–H and O–H groups in total. The van der Waals surface area contributed by atoms with E-state index in [9.17, 15) is 0 Å². The fourth-order valence-corrected chi connectivity index (χ4v) is 2.13. The van der Waals surface area contributed by atoms with Gasteiger partial charge in [-0.05, 0) is 50.7 Å². The quantitative estimate of drug-likeness (QED) is 0.812. The van der Waals surface area contributed by atoms with Crippen LogP contribution in [0.3, 0.4) is 0 Å². The van der Waals surface area contributed by atoms with Gasteiger partial charge in [0.05, 0.1) is 0 Å². The van der Waals surface area contributed by atoms with Gasteiger partial charge in [0.15, 0.2) is 0 Å². The van der Waals surface area contributed by atoms with Crippen LogP contribution >= 0.6 is 0 Å². The summed E-state index contributed by atoms with van der Waals surface area (Å²) in [4.78, 5) is 2.10. The van der Waals surface area contributed by atoms with Crippen LogP contribution in [0.1, 0.15) is 52.0 Å². The van der Waals surface area contributed by atoms with E-state index in [2.05, 4.69) is 43.0 Å². The lowest BCUT2D eigenvalue weighted by molar-refractivity contribution is 0.348. The van der Waals surface area contributed by atoms with Gasteiger partial charge in [0.2, 0.25) is 0 Å². The summed E-state index contributed by atoms with van der Waals surface area (Å²) in [6.07, 6.45) is 5.20. The lowest BCUT2D eigenvalue weighted by atomic mass is 9.88. The van der Waals surface area contributed by atoms with E-state index in [1.807, 2.05) is 27.9 Å². The molecule has 1 aromatic rings. The van der Waals surface area contributed by atoms with Crippen molar-refractivity contribution < 1.29 is 0 Å². The maximum Gasteiger partial charge on any atom is 0.0361 e. The molecule has 0 saturated heterocycles. The van der Waals surface area contributed by atoms with E-state index in [1.54, 1.807) is 0 Å². The minimum Gasteiger partial charge on any atom is -0.378 e. The summed E-state index contributed by atoms with van der Waals surface area (Å²) in [5.74, 6) is 0.940. The molecule has 0 heterocycles. The van der Waals surface area contributed by atoms with Gasteiger partial charge in [0.25, 0.3) is 0 Å². The Morgan fingerprint density at radius 1 is 0.950 bits per heavy atom. The summed E-state index contributed by atoms with van der Waals surface area (Å²) < 4.78 is 0. The van der Waals surface area contributed by atoms with Crippen LogP contribution in [0, 0.1) is 12.8 Å². The zero-order valence-corrected chi connectivity index (χ0v) is 14.3. The average Bonchev–Trinajstić information content (AvgIpc) is 2.45. The molecular formula is C18H34N2. The monoisotopic (exact) mass is 278 g/mol.